The third-order valence-electron chi connectivity index (χ3n) is 5.95. The number of nitrogens with one attached hydrogen (secondary N) is 1. The predicted octanol–water partition coefficient (Wildman–Crippen LogP) is 3.66. The minimum Gasteiger partial charge on any atom is -0.507 e. The van der Waals surface area contributed by atoms with Gasteiger partial charge in [0.1, 0.15) is 17.1 Å². The molecule has 0 saturated heterocycles. The second-order valence-corrected chi connectivity index (χ2v) is 8.77. The molecule has 3 aromatic rings. The van der Waals surface area contributed by atoms with Crippen LogP contribution in [-0.4, -0.2) is 50.4 Å². The molecule has 0 bridgehead atoms. The number of hydrogen-bond acceptors (Lipinski definition) is 5. The van der Waals surface area contributed by atoms with E-state index in [0.29, 0.717) is 30.2 Å². The van der Waals surface area contributed by atoms with E-state index in [1.165, 1.54) is 34.7 Å². The number of hydrogen-bond donors (Lipinski definition) is 2. The van der Waals surface area contributed by atoms with Gasteiger partial charge in [-0.3, -0.25) is 9.59 Å². The number of benzene rings is 1. The van der Waals surface area contributed by atoms with E-state index in [1.54, 1.807) is 7.05 Å². The van der Waals surface area contributed by atoms with Gasteiger partial charge in [-0.1, -0.05) is 17.7 Å². The molecule has 0 atom stereocenters. The first kappa shape index (κ1) is 23.6. The van der Waals surface area contributed by atoms with Crippen molar-refractivity contribution in [3.8, 4) is 5.82 Å². The van der Waals surface area contributed by atoms with Crippen molar-refractivity contribution in [2.24, 2.45) is 0 Å². The highest BCUT2D eigenvalue weighted by molar-refractivity contribution is 6.30. The highest BCUT2D eigenvalue weighted by atomic mass is 35.5. The second-order valence-electron chi connectivity index (χ2n) is 8.36. The summed E-state index contributed by atoms with van der Waals surface area (Å²) in [6.07, 6.45) is 0. The molecule has 8 nitrogen and oxygen atoms in total. The number of amides is 1. The van der Waals surface area contributed by atoms with Crippen LogP contribution in [0.5, 0.6) is 0 Å². The fourth-order valence-electron chi connectivity index (χ4n) is 4.05. The number of aliphatic hydroxyl groups is 1. The van der Waals surface area contributed by atoms with Crippen LogP contribution in [-0.2, 0) is 11.3 Å². The van der Waals surface area contributed by atoms with Crippen molar-refractivity contribution >= 4 is 29.0 Å². The number of aryl methyl sites for hydroxylation is 2. The first-order valence-electron chi connectivity index (χ1n) is 10.7. The summed E-state index contributed by atoms with van der Waals surface area (Å²) in [7, 11) is 1.63. The Morgan fingerprint density at radius 3 is 2.47 bits per heavy atom. The number of aliphatic hydroxyl groups excluding tert-OH is 1. The molecule has 0 aliphatic carbocycles. The third-order valence-corrected chi connectivity index (χ3v) is 6.23. The maximum Gasteiger partial charge on any atom is 0.280 e. The van der Waals surface area contributed by atoms with Crippen molar-refractivity contribution in [1.29, 1.82) is 0 Å². The molecule has 0 saturated carbocycles. The average Bonchev–Trinajstić information content (AvgIpc) is 3.14. The first-order valence-corrected chi connectivity index (χ1v) is 11.1. The lowest BCUT2D eigenvalue weighted by atomic mass is 10.1. The molecule has 178 valence electrons. The van der Waals surface area contributed by atoms with Gasteiger partial charge in [0.05, 0.1) is 22.8 Å². The second kappa shape index (κ2) is 8.98. The number of fused-ring (bicyclic) bond motifs is 1. The molecular formula is C24H25ClFN5O3. The number of carbonyl (C=O) groups excluding carboxylic acids is 1. The number of nitrogens with zero attached hydrogens (tertiary/aromatic N) is 4. The molecule has 2 N–H and O–H groups in total. The molecule has 3 heterocycles. The van der Waals surface area contributed by atoms with Crippen LogP contribution in [0.25, 0.3) is 11.6 Å². The van der Waals surface area contributed by atoms with E-state index in [2.05, 4.69) is 10.4 Å². The Balaban J connectivity index is 2.03. The predicted molar refractivity (Wildman–Crippen MR) is 129 cm³/mol. The van der Waals surface area contributed by atoms with Crippen molar-refractivity contribution in [3.05, 3.63) is 79.6 Å². The highest BCUT2D eigenvalue weighted by Gasteiger charge is 2.28. The van der Waals surface area contributed by atoms with Gasteiger partial charge in [0.25, 0.3) is 11.5 Å². The molecule has 1 aromatic carbocycles. The van der Waals surface area contributed by atoms with Gasteiger partial charge < -0.3 is 19.9 Å². The quantitative estimate of drug-likeness (QED) is 0.590. The summed E-state index contributed by atoms with van der Waals surface area (Å²) in [5, 5.41) is 18.9. The highest BCUT2D eigenvalue weighted by Crippen LogP contribution is 2.30. The van der Waals surface area contributed by atoms with E-state index in [0.717, 1.165) is 11.4 Å². The molecule has 0 spiro atoms. The van der Waals surface area contributed by atoms with E-state index < -0.39 is 17.1 Å². The number of anilines is 1. The molecule has 34 heavy (non-hydrogen) atoms. The Bertz CT molecular complexity index is 1370. The zero-order chi connectivity index (χ0) is 24.7. The van der Waals surface area contributed by atoms with Crippen molar-refractivity contribution in [2.45, 2.75) is 27.3 Å². The fourth-order valence-corrected chi connectivity index (χ4v) is 4.25. The van der Waals surface area contributed by atoms with Crippen molar-refractivity contribution < 1.29 is 14.3 Å². The van der Waals surface area contributed by atoms with E-state index in [1.807, 2.05) is 30.5 Å². The van der Waals surface area contributed by atoms with Crippen molar-refractivity contribution in [3.63, 3.8) is 0 Å². The van der Waals surface area contributed by atoms with Crippen LogP contribution in [0.1, 0.15) is 29.4 Å². The third kappa shape index (κ3) is 4.07. The Morgan fingerprint density at radius 2 is 1.82 bits per heavy atom. The molecule has 2 aromatic heterocycles. The summed E-state index contributed by atoms with van der Waals surface area (Å²) in [5.74, 6) is -0.958. The molecule has 0 fully saturated rings. The summed E-state index contributed by atoms with van der Waals surface area (Å²) in [6, 6.07) is 8.01. The SMILES string of the molecule is C/C1=C(/O)c2c(c(-n3c(C)ccc3C)nn(Cc3ccc(F)c(Cl)c3)c2=O)NCCN(C)C1=O. The van der Waals surface area contributed by atoms with Gasteiger partial charge in [-0.05, 0) is 50.6 Å². The Morgan fingerprint density at radius 1 is 1.15 bits per heavy atom. The van der Waals surface area contributed by atoms with Gasteiger partial charge in [0.2, 0.25) is 0 Å². The van der Waals surface area contributed by atoms with E-state index in [-0.39, 0.29) is 28.6 Å². The standard InChI is InChI=1S/C24H25ClFN5O3/c1-13-5-6-14(2)31(13)22-20-19(21(32)15(3)23(33)29(4)10-9-27-20)24(34)30(28-22)12-16-7-8-18(26)17(25)11-16/h5-8,11,27,32H,9-10,12H2,1-4H3/b21-15-. The largest absolute Gasteiger partial charge is 0.507 e. The molecule has 0 radical (unpaired) electrons. The number of carbonyl (C=O) groups is 1. The Hall–Kier alpha value is -3.59. The van der Waals surface area contributed by atoms with E-state index in [4.69, 9.17) is 11.6 Å². The van der Waals surface area contributed by atoms with Gasteiger partial charge in [0, 0.05) is 31.5 Å². The summed E-state index contributed by atoms with van der Waals surface area (Å²) in [5.41, 5.74) is 2.05. The zero-order valence-electron chi connectivity index (χ0n) is 19.3. The molecule has 0 unspecified atom stereocenters. The Labute approximate surface area is 200 Å². The lowest BCUT2D eigenvalue weighted by molar-refractivity contribution is -0.125. The van der Waals surface area contributed by atoms with Crippen LogP contribution in [0, 0.1) is 19.7 Å². The number of halogens is 2. The van der Waals surface area contributed by atoms with E-state index >= 15 is 0 Å². The van der Waals surface area contributed by atoms with Crippen LogP contribution >= 0.6 is 11.6 Å². The van der Waals surface area contributed by atoms with Crippen LogP contribution in [0.4, 0.5) is 10.1 Å². The van der Waals surface area contributed by atoms with Crippen molar-refractivity contribution in [1.82, 2.24) is 19.2 Å². The normalized spacial score (nSPS) is 16.5. The van der Waals surface area contributed by atoms with Gasteiger partial charge in [-0.15, -0.1) is 5.10 Å². The summed E-state index contributed by atoms with van der Waals surface area (Å²) < 4.78 is 16.7. The molecule has 10 heteroatoms. The monoisotopic (exact) mass is 485 g/mol. The zero-order valence-corrected chi connectivity index (χ0v) is 20.1. The van der Waals surface area contributed by atoms with Gasteiger partial charge in [-0.25, -0.2) is 9.07 Å². The maximum atomic E-state index is 13.7. The summed E-state index contributed by atoms with van der Waals surface area (Å²) in [6.45, 7) is 6.00. The maximum absolute atomic E-state index is 13.7. The number of rotatable bonds is 3. The van der Waals surface area contributed by atoms with E-state index in [9.17, 15) is 19.1 Å². The first-order chi connectivity index (χ1) is 16.1. The van der Waals surface area contributed by atoms with Gasteiger partial charge in [-0.2, -0.15) is 0 Å². The van der Waals surface area contributed by atoms with Crippen LogP contribution in [0.2, 0.25) is 5.02 Å². The molecular weight excluding hydrogens is 461 g/mol. The Kier molecular flexibility index (Phi) is 6.22. The van der Waals surface area contributed by atoms with Gasteiger partial charge >= 0.3 is 0 Å². The number of aromatic nitrogens is 3. The smallest absolute Gasteiger partial charge is 0.280 e. The number of likely N-dealkylation sites (N-methyl/N-ethyl adjacent to an activating group) is 1. The average molecular weight is 486 g/mol. The minimum atomic E-state index is -0.594. The van der Waals surface area contributed by atoms with Crippen LogP contribution in [0.15, 0.2) is 40.7 Å². The van der Waals surface area contributed by atoms with Crippen LogP contribution < -0.4 is 10.9 Å². The topological polar surface area (TPSA) is 92.4 Å². The molecule has 1 amide bonds. The molecule has 4 rings (SSSR count). The van der Waals surface area contributed by atoms with Gasteiger partial charge in [0.15, 0.2) is 5.82 Å². The molecule has 1 aliphatic rings. The summed E-state index contributed by atoms with van der Waals surface area (Å²) in [4.78, 5) is 27.8. The molecule has 1 aliphatic heterocycles. The minimum absolute atomic E-state index is 0.0152. The van der Waals surface area contributed by atoms with Crippen LogP contribution in [0.3, 0.4) is 0 Å². The van der Waals surface area contributed by atoms with Crippen molar-refractivity contribution in [2.75, 3.05) is 25.5 Å². The fraction of sp³-hybridized carbons (Fsp3) is 0.292. The summed E-state index contributed by atoms with van der Waals surface area (Å²) >= 11 is 5.93. The lowest BCUT2D eigenvalue weighted by Crippen LogP contribution is -2.32. The lowest BCUT2D eigenvalue weighted by Gasteiger charge is -2.20.